The van der Waals surface area contributed by atoms with E-state index in [9.17, 15) is 19.5 Å². The molecule has 2 aliphatic heterocycles. The summed E-state index contributed by atoms with van der Waals surface area (Å²) in [6, 6.07) is -1.07. The molecule has 0 aromatic carbocycles. The number of rotatable bonds is 3. The molecular weight excluding hydrogens is 428 g/mol. The summed E-state index contributed by atoms with van der Waals surface area (Å²) in [6.07, 6.45) is 3.05. The number of piperidine rings is 1. The summed E-state index contributed by atoms with van der Waals surface area (Å²) in [6.45, 7) is 6.84. The van der Waals surface area contributed by atoms with Crippen LogP contribution in [0.25, 0.3) is 11.2 Å². The zero-order chi connectivity index (χ0) is 24.3. The molecule has 11 heteroatoms. The summed E-state index contributed by atoms with van der Waals surface area (Å²) in [5, 5.41) is 11.5. The molecule has 33 heavy (non-hydrogen) atoms. The number of hydrogen-bond donors (Lipinski definition) is 2. The highest BCUT2D eigenvalue weighted by Gasteiger charge is 2.50. The van der Waals surface area contributed by atoms with Crippen molar-refractivity contribution in [3.05, 3.63) is 27.2 Å². The van der Waals surface area contributed by atoms with Crippen molar-refractivity contribution in [2.75, 3.05) is 19.7 Å². The maximum absolute atomic E-state index is 12.9. The van der Waals surface area contributed by atoms with Crippen molar-refractivity contribution in [2.24, 2.45) is 25.7 Å². The van der Waals surface area contributed by atoms with Gasteiger partial charge in [0.2, 0.25) is 5.91 Å². The van der Waals surface area contributed by atoms with Crippen LogP contribution in [-0.4, -0.2) is 71.5 Å². The number of fused-ring (bicyclic) bond motifs is 1. The highest BCUT2D eigenvalue weighted by atomic mass is 16.5. The number of ether oxygens (including phenoxy) is 1. The molecule has 182 valence electrons. The largest absolute Gasteiger partial charge is 0.388 e. The molecule has 0 aliphatic carbocycles. The van der Waals surface area contributed by atoms with E-state index in [-0.39, 0.29) is 29.6 Å². The highest BCUT2D eigenvalue weighted by Crippen LogP contribution is 2.44. The molecule has 11 nitrogen and oxygen atoms in total. The van der Waals surface area contributed by atoms with E-state index >= 15 is 0 Å². The lowest BCUT2D eigenvalue weighted by molar-refractivity contribution is -0.197. The van der Waals surface area contributed by atoms with Gasteiger partial charge in [0, 0.05) is 33.6 Å². The number of carbonyl (C=O) groups is 1. The Bertz CT molecular complexity index is 1180. The van der Waals surface area contributed by atoms with Gasteiger partial charge in [-0.25, -0.2) is 9.78 Å². The van der Waals surface area contributed by atoms with Gasteiger partial charge in [0.15, 0.2) is 11.2 Å². The molecular formula is C22H34N6O5. The Balaban J connectivity index is 1.57. The number of carbonyl (C=O) groups excluding carboxylic acids is 1. The molecule has 2 aliphatic rings. The van der Waals surface area contributed by atoms with Crippen molar-refractivity contribution in [2.45, 2.75) is 63.3 Å². The van der Waals surface area contributed by atoms with Gasteiger partial charge in [-0.05, 0) is 25.7 Å². The normalized spacial score (nSPS) is 26.3. The minimum Gasteiger partial charge on any atom is -0.388 e. The summed E-state index contributed by atoms with van der Waals surface area (Å²) in [5.74, 6) is 0.0182. The van der Waals surface area contributed by atoms with Crippen LogP contribution >= 0.6 is 0 Å². The van der Waals surface area contributed by atoms with Gasteiger partial charge in [-0.1, -0.05) is 13.8 Å². The van der Waals surface area contributed by atoms with E-state index < -0.39 is 34.5 Å². The number of aryl methyl sites for hydroxylation is 1. The molecule has 0 saturated carbocycles. The lowest BCUT2D eigenvalue weighted by Gasteiger charge is -2.51. The Hall–Kier alpha value is -2.50. The maximum atomic E-state index is 12.9. The van der Waals surface area contributed by atoms with Gasteiger partial charge in [0.05, 0.1) is 36.2 Å². The second-order valence-electron chi connectivity index (χ2n) is 10.2. The van der Waals surface area contributed by atoms with Crippen molar-refractivity contribution in [1.29, 1.82) is 0 Å². The van der Waals surface area contributed by atoms with Crippen LogP contribution in [0.2, 0.25) is 0 Å². The fourth-order valence-electron chi connectivity index (χ4n) is 5.19. The van der Waals surface area contributed by atoms with Crippen molar-refractivity contribution in [1.82, 2.24) is 23.6 Å². The van der Waals surface area contributed by atoms with E-state index in [4.69, 9.17) is 10.5 Å². The van der Waals surface area contributed by atoms with Crippen LogP contribution in [0.3, 0.4) is 0 Å². The van der Waals surface area contributed by atoms with Gasteiger partial charge < -0.3 is 25.0 Å². The van der Waals surface area contributed by atoms with E-state index in [1.54, 1.807) is 23.4 Å². The zero-order valence-corrected chi connectivity index (χ0v) is 19.9. The maximum Gasteiger partial charge on any atom is 0.332 e. The molecule has 0 radical (unpaired) electrons. The number of aliphatic hydroxyl groups is 1. The van der Waals surface area contributed by atoms with Gasteiger partial charge >= 0.3 is 5.69 Å². The number of nitrogens with zero attached hydrogens (tertiary/aromatic N) is 5. The lowest BCUT2D eigenvalue weighted by atomic mass is 9.75. The zero-order valence-electron chi connectivity index (χ0n) is 19.9. The summed E-state index contributed by atoms with van der Waals surface area (Å²) in [4.78, 5) is 43.8. The predicted octanol–water partition coefficient (Wildman–Crippen LogP) is -0.509. The molecule has 1 amide bonds. The Labute approximate surface area is 191 Å². The van der Waals surface area contributed by atoms with Crippen LogP contribution in [0.15, 0.2) is 15.9 Å². The van der Waals surface area contributed by atoms with E-state index in [1.807, 2.05) is 13.8 Å². The van der Waals surface area contributed by atoms with Crippen LogP contribution in [-0.2, 0) is 23.6 Å². The van der Waals surface area contributed by atoms with Crippen LogP contribution in [0.5, 0.6) is 0 Å². The molecule has 1 spiro atoms. The van der Waals surface area contributed by atoms with E-state index in [0.29, 0.717) is 32.4 Å². The molecule has 3 N–H and O–H groups in total. The second-order valence-corrected chi connectivity index (χ2v) is 10.2. The van der Waals surface area contributed by atoms with E-state index in [2.05, 4.69) is 4.98 Å². The minimum atomic E-state index is -1.19. The number of amides is 1. The van der Waals surface area contributed by atoms with Crippen molar-refractivity contribution in [3.63, 3.8) is 0 Å². The third-order valence-electron chi connectivity index (χ3n) is 7.44. The predicted molar refractivity (Wildman–Crippen MR) is 122 cm³/mol. The first-order chi connectivity index (χ1) is 15.4. The topological polar surface area (TPSA) is 138 Å². The van der Waals surface area contributed by atoms with Gasteiger partial charge in [0.1, 0.15) is 0 Å². The molecule has 2 aromatic rings. The molecule has 0 unspecified atom stereocenters. The van der Waals surface area contributed by atoms with Crippen LogP contribution < -0.4 is 17.0 Å². The van der Waals surface area contributed by atoms with Crippen molar-refractivity contribution in [3.8, 4) is 0 Å². The Morgan fingerprint density at radius 1 is 1.24 bits per heavy atom. The van der Waals surface area contributed by atoms with Gasteiger partial charge in [-0.15, -0.1) is 0 Å². The van der Waals surface area contributed by atoms with Gasteiger partial charge in [-0.2, -0.15) is 0 Å². The molecule has 2 saturated heterocycles. The SMILES string of the molecule is CC(C)[C@@H](N)C(=O)N1CCC2(CC1)C[C@@](C)(O)[C@H](n1cnc3c1c(=O)n(C)c(=O)n3C)CO2. The summed E-state index contributed by atoms with van der Waals surface area (Å²) >= 11 is 0. The van der Waals surface area contributed by atoms with E-state index in [1.165, 1.54) is 17.9 Å². The molecule has 2 aromatic heterocycles. The summed E-state index contributed by atoms with van der Waals surface area (Å²) in [7, 11) is 2.98. The van der Waals surface area contributed by atoms with Crippen molar-refractivity contribution >= 4 is 17.1 Å². The number of likely N-dealkylation sites (tertiary alicyclic amines) is 1. The number of imidazole rings is 1. The van der Waals surface area contributed by atoms with Crippen molar-refractivity contribution < 1.29 is 14.6 Å². The monoisotopic (exact) mass is 462 g/mol. The first-order valence-corrected chi connectivity index (χ1v) is 11.4. The number of hydrogen-bond acceptors (Lipinski definition) is 7. The third-order valence-corrected chi connectivity index (χ3v) is 7.44. The Morgan fingerprint density at radius 2 is 1.88 bits per heavy atom. The Kier molecular flexibility index (Phi) is 5.78. The fourth-order valence-corrected chi connectivity index (χ4v) is 5.19. The molecule has 0 bridgehead atoms. The van der Waals surface area contributed by atoms with Gasteiger partial charge in [0.25, 0.3) is 5.56 Å². The average molecular weight is 463 g/mol. The smallest absolute Gasteiger partial charge is 0.332 e. The fraction of sp³-hybridized carbons (Fsp3) is 0.727. The summed E-state index contributed by atoms with van der Waals surface area (Å²) in [5.41, 5.74) is 3.92. The number of aromatic nitrogens is 4. The van der Waals surface area contributed by atoms with Gasteiger partial charge in [-0.3, -0.25) is 18.7 Å². The quantitative estimate of drug-likeness (QED) is 0.627. The van der Waals surface area contributed by atoms with Crippen LogP contribution in [0.1, 0.15) is 46.1 Å². The minimum absolute atomic E-state index is 0.0494. The molecule has 4 rings (SSSR count). The second kappa shape index (κ2) is 8.07. The Morgan fingerprint density at radius 3 is 2.45 bits per heavy atom. The first kappa shape index (κ1) is 23.7. The average Bonchev–Trinajstić information content (AvgIpc) is 3.20. The summed E-state index contributed by atoms with van der Waals surface area (Å²) < 4.78 is 10.3. The highest BCUT2D eigenvalue weighted by molar-refractivity contribution is 5.82. The molecule has 4 heterocycles. The standard InChI is InChI=1S/C22H34N6O5/c1-13(2)15(23)18(29)27-8-6-22(7-9-27)11-21(3,32)14(10-33-22)28-12-24-17-16(28)19(30)26(5)20(31)25(17)4/h12-15,32H,6-11,23H2,1-5H3/t14-,15-,21-/m1/s1. The van der Waals surface area contributed by atoms with Crippen LogP contribution in [0, 0.1) is 5.92 Å². The van der Waals surface area contributed by atoms with Crippen LogP contribution in [0.4, 0.5) is 0 Å². The number of nitrogens with two attached hydrogens (primary N) is 1. The molecule has 3 atom stereocenters. The first-order valence-electron chi connectivity index (χ1n) is 11.4. The molecule has 2 fully saturated rings. The third kappa shape index (κ3) is 3.81. The van der Waals surface area contributed by atoms with E-state index in [0.717, 1.165) is 4.57 Å². The lowest BCUT2D eigenvalue weighted by Crippen LogP contribution is -2.59.